The minimum Gasteiger partial charge on any atom is -0.433 e. The number of hydrogen-bond donors (Lipinski definition) is 1. The standard InChI is InChI=1S/C30H26N8O4/c1-2-41-30(39)42-36-28(31)25-11-8-21(19-32-25)27-24(12-10-22-9-7-20-5-3-4-6-23(20)34-22)35-29-26(13-14-33-38(27)29)37-15-17-40-18-16-37/h3-9,11,13-14,19H,2,15-18H2,1H3,(H2,31,36). The van der Waals surface area contributed by atoms with Crippen molar-refractivity contribution in [2.24, 2.45) is 10.9 Å². The quantitative estimate of drug-likeness (QED) is 0.0846. The molecule has 1 aliphatic rings. The second-order valence-electron chi connectivity index (χ2n) is 9.18. The number of nitrogens with two attached hydrogens (primary N) is 1. The zero-order valence-corrected chi connectivity index (χ0v) is 22.7. The number of benzene rings is 1. The summed E-state index contributed by atoms with van der Waals surface area (Å²) in [6, 6.07) is 17.2. The molecule has 1 aliphatic heterocycles. The van der Waals surface area contributed by atoms with E-state index in [1.807, 2.05) is 42.5 Å². The van der Waals surface area contributed by atoms with Crippen molar-refractivity contribution in [3.63, 3.8) is 0 Å². The van der Waals surface area contributed by atoms with E-state index in [9.17, 15) is 4.79 Å². The second-order valence-corrected chi connectivity index (χ2v) is 9.18. The van der Waals surface area contributed by atoms with Crippen LogP contribution in [0.25, 0.3) is 27.8 Å². The summed E-state index contributed by atoms with van der Waals surface area (Å²) in [7, 11) is 0. The van der Waals surface area contributed by atoms with Gasteiger partial charge in [0, 0.05) is 30.2 Å². The maximum Gasteiger partial charge on any atom is 0.535 e. The SMILES string of the molecule is CCOC(=O)ON=C(N)c1ccc(-c2c(C#Cc3ccc4ccccc4n3)nc3c(N4CCOCC4)ccnn23)cn1. The third kappa shape index (κ3) is 5.54. The van der Waals surface area contributed by atoms with Gasteiger partial charge in [-0.1, -0.05) is 29.4 Å². The zero-order chi connectivity index (χ0) is 28.9. The molecule has 0 radical (unpaired) electrons. The molecule has 1 aromatic carbocycles. The first-order valence-electron chi connectivity index (χ1n) is 13.3. The fourth-order valence-electron chi connectivity index (χ4n) is 4.55. The van der Waals surface area contributed by atoms with Crippen LogP contribution >= 0.6 is 0 Å². The van der Waals surface area contributed by atoms with Crippen molar-refractivity contribution in [3.05, 3.63) is 84.1 Å². The molecule has 210 valence electrons. The maximum absolute atomic E-state index is 11.4. The highest BCUT2D eigenvalue weighted by atomic mass is 16.8. The Labute approximate surface area is 240 Å². The molecule has 0 spiro atoms. The highest BCUT2D eigenvalue weighted by molar-refractivity contribution is 5.95. The summed E-state index contributed by atoms with van der Waals surface area (Å²) >= 11 is 0. The molecule has 0 bridgehead atoms. The molecule has 5 heterocycles. The summed E-state index contributed by atoms with van der Waals surface area (Å²) in [6.45, 7) is 4.57. The van der Waals surface area contributed by atoms with E-state index < -0.39 is 6.16 Å². The summed E-state index contributed by atoms with van der Waals surface area (Å²) < 4.78 is 12.0. The Morgan fingerprint density at radius 3 is 2.74 bits per heavy atom. The Hall–Kier alpha value is -5.54. The minimum atomic E-state index is -0.950. The van der Waals surface area contributed by atoms with Crippen LogP contribution in [0.4, 0.5) is 10.5 Å². The largest absolute Gasteiger partial charge is 0.535 e. The topological polar surface area (TPSA) is 142 Å². The molecule has 6 rings (SSSR count). The number of oxime groups is 1. The first-order chi connectivity index (χ1) is 20.6. The van der Waals surface area contributed by atoms with Crippen molar-refractivity contribution in [2.45, 2.75) is 6.92 Å². The van der Waals surface area contributed by atoms with Crippen LogP contribution < -0.4 is 10.6 Å². The molecular weight excluding hydrogens is 536 g/mol. The smallest absolute Gasteiger partial charge is 0.433 e. The number of hydrogen-bond acceptors (Lipinski definition) is 10. The lowest BCUT2D eigenvalue weighted by molar-refractivity contribution is 0.0612. The fraction of sp³-hybridized carbons (Fsp3) is 0.200. The number of anilines is 1. The van der Waals surface area contributed by atoms with Gasteiger partial charge >= 0.3 is 6.16 Å². The lowest BCUT2D eigenvalue weighted by atomic mass is 10.1. The molecule has 0 unspecified atom stereocenters. The average molecular weight is 563 g/mol. The number of fused-ring (bicyclic) bond motifs is 2. The van der Waals surface area contributed by atoms with Crippen molar-refractivity contribution in [2.75, 3.05) is 37.8 Å². The number of rotatable bonds is 5. The lowest BCUT2D eigenvalue weighted by Gasteiger charge is -2.28. The van der Waals surface area contributed by atoms with Crippen LogP contribution in [-0.4, -0.2) is 69.5 Å². The number of pyridine rings is 2. The number of ether oxygens (including phenoxy) is 2. The first kappa shape index (κ1) is 26.7. The molecule has 12 nitrogen and oxygen atoms in total. The van der Waals surface area contributed by atoms with Crippen LogP contribution in [0.5, 0.6) is 0 Å². The summed E-state index contributed by atoms with van der Waals surface area (Å²) in [6.07, 6.45) is 2.41. The van der Waals surface area contributed by atoms with E-state index in [-0.39, 0.29) is 12.4 Å². The van der Waals surface area contributed by atoms with Gasteiger partial charge in [0.15, 0.2) is 11.5 Å². The van der Waals surface area contributed by atoms with Crippen LogP contribution in [0, 0.1) is 11.8 Å². The summed E-state index contributed by atoms with van der Waals surface area (Å²) in [5, 5.41) is 9.26. The van der Waals surface area contributed by atoms with E-state index in [1.165, 1.54) is 0 Å². The molecule has 0 atom stereocenters. The van der Waals surface area contributed by atoms with Crippen molar-refractivity contribution >= 4 is 34.2 Å². The van der Waals surface area contributed by atoms with Gasteiger partial charge in [-0.05, 0) is 49.1 Å². The number of carbonyl (C=O) groups excluding carboxylic acids is 1. The van der Waals surface area contributed by atoms with Crippen LogP contribution in [0.3, 0.4) is 0 Å². The van der Waals surface area contributed by atoms with Gasteiger partial charge in [-0.15, -0.1) is 0 Å². The first-order valence-corrected chi connectivity index (χ1v) is 13.3. The van der Waals surface area contributed by atoms with Crippen molar-refractivity contribution in [3.8, 4) is 23.1 Å². The van der Waals surface area contributed by atoms with E-state index >= 15 is 0 Å². The Bertz CT molecular complexity index is 1850. The van der Waals surface area contributed by atoms with Crippen LogP contribution in [0.2, 0.25) is 0 Å². The van der Waals surface area contributed by atoms with E-state index in [4.69, 9.17) is 20.2 Å². The third-order valence-corrected chi connectivity index (χ3v) is 6.54. The van der Waals surface area contributed by atoms with Crippen LogP contribution in [0.1, 0.15) is 24.0 Å². The summed E-state index contributed by atoms with van der Waals surface area (Å²) in [5.74, 6) is 6.31. The second kappa shape index (κ2) is 11.9. The number of imidazole rings is 1. The molecule has 5 aromatic rings. The Morgan fingerprint density at radius 2 is 1.93 bits per heavy atom. The molecule has 0 amide bonds. The Kier molecular flexibility index (Phi) is 7.56. The molecule has 42 heavy (non-hydrogen) atoms. The number of morpholine rings is 1. The highest BCUT2D eigenvalue weighted by Gasteiger charge is 2.21. The number of amidine groups is 1. The fourth-order valence-corrected chi connectivity index (χ4v) is 4.55. The molecule has 12 heteroatoms. The van der Waals surface area contributed by atoms with Crippen LogP contribution in [-0.2, 0) is 14.3 Å². The van der Waals surface area contributed by atoms with Gasteiger partial charge in [-0.3, -0.25) is 9.82 Å². The Morgan fingerprint density at radius 1 is 1.07 bits per heavy atom. The number of nitrogens with zero attached hydrogens (tertiary/aromatic N) is 7. The molecule has 2 N–H and O–H groups in total. The van der Waals surface area contributed by atoms with E-state index in [2.05, 4.69) is 41.8 Å². The third-order valence-electron chi connectivity index (χ3n) is 6.54. The normalized spacial score (nSPS) is 13.5. The molecule has 0 saturated carbocycles. The summed E-state index contributed by atoms with van der Waals surface area (Å²) in [4.78, 5) is 32.4. The van der Waals surface area contributed by atoms with Gasteiger partial charge in [0.2, 0.25) is 0 Å². The predicted octanol–water partition coefficient (Wildman–Crippen LogP) is 3.37. The predicted molar refractivity (Wildman–Crippen MR) is 156 cm³/mol. The van der Waals surface area contributed by atoms with E-state index in [0.29, 0.717) is 47.2 Å². The van der Waals surface area contributed by atoms with Gasteiger partial charge in [0.25, 0.3) is 0 Å². The zero-order valence-electron chi connectivity index (χ0n) is 22.7. The van der Waals surface area contributed by atoms with Crippen LogP contribution in [0.15, 0.2) is 72.1 Å². The maximum atomic E-state index is 11.4. The molecule has 4 aromatic heterocycles. The Balaban J connectivity index is 1.41. The highest BCUT2D eigenvalue weighted by Crippen LogP contribution is 2.29. The van der Waals surface area contributed by atoms with E-state index in [1.54, 1.807) is 36.0 Å². The molecule has 1 fully saturated rings. The van der Waals surface area contributed by atoms with Gasteiger partial charge in [0.05, 0.1) is 37.2 Å². The number of carbonyl (C=O) groups is 1. The molecule has 1 saturated heterocycles. The minimum absolute atomic E-state index is 0.0807. The van der Waals surface area contributed by atoms with Gasteiger partial charge in [-0.2, -0.15) is 5.10 Å². The average Bonchev–Trinajstić information content (AvgIpc) is 3.42. The number of aromatic nitrogens is 5. The molecular formula is C30H26N8O4. The van der Waals surface area contributed by atoms with Crippen molar-refractivity contribution < 1.29 is 19.1 Å². The van der Waals surface area contributed by atoms with Crippen molar-refractivity contribution in [1.82, 2.24) is 24.6 Å². The van der Waals surface area contributed by atoms with Gasteiger partial charge in [-0.25, -0.2) is 19.3 Å². The number of para-hydroxylation sites is 1. The van der Waals surface area contributed by atoms with Gasteiger partial charge < -0.3 is 20.1 Å². The van der Waals surface area contributed by atoms with Crippen molar-refractivity contribution in [1.29, 1.82) is 0 Å². The summed E-state index contributed by atoms with van der Waals surface area (Å²) in [5.41, 5.74) is 11.2. The van der Waals surface area contributed by atoms with E-state index in [0.717, 1.165) is 29.7 Å². The monoisotopic (exact) mass is 562 g/mol. The van der Waals surface area contributed by atoms with Gasteiger partial charge in [0.1, 0.15) is 22.8 Å². The molecule has 0 aliphatic carbocycles. The lowest BCUT2D eigenvalue weighted by Crippen LogP contribution is -2.36.